The molecule has 0 aromatic carbocycles. The maximum absolute atomic E-state index is 5.95. The van der Waals surface area contributed by atoms with E-state index >= 15 is 0 Å². The molecule has 0 amide bonds. The molecule has 1 fully saturated rings. The van der Waals surface area contributed by atoms with Crippen LogP contribution in [0, 0.1) is 5.92 Å². The Morgan fingerprint density at radius 2 is 2.17 bits per heavy atom. The van der Waals surface area contributed by atoms with Crippen LogP contribution in [0.25, 0.3) is 0 Å². The molecule has 0 spiro atoms. The first kappa shape index (κ1) is 13.1. The lowest BCUT2D eigenvalue weighted by atomic mass is 10.0. The molecule has 2 N–H and O–H groups in total. The van der Waals surface area contributed by atoms with E-state index in [1.165, 1.54) is 0 Å². The van der Waals surface area contributed by atoms with E-state index in [2.05, 4.69) is 21.8 Å². The zero-order valence-electron chi connectivity index (χ0n) is 11.3. The van der Waals surface area contributed by atoms with Crippen LogP contribution in [0.1, 0.15) is 27.2 Å². The summed E-state index contributed by atoms with van der Waals surface area (Å²) in [6, 6.07) is 0.234. The molecule has 1 aliphatic heterocycles. The van der Waals surface area contributed by atoms with Crippen LogP contribution in [-0.2, 0) is 0 Å². The summed E-state index contributed by atoms with van der Waals surface area (Å²) in [5, 5.41) is 0. The predicted molar refractivity (Wildman–Crippen MR) is 71.8 cm³/mol. The van der Waals surface area contributed by atoms with Crippen molar-refractivity contribution in [2.45, 2.75) is 39.3 Å². The molecule has 0 saturated carbocycles. The highest BCUT2D eigenvalue weighted by Gasteiger charge is 2.26. The number of aromatic nitrogens is 2. The van der Waals surface area contributed by atoms with Crippen LogP contribution >= 0.6 is 0 Å². The second kappa shape index (κ2) is 5.52. The van der Waals surface area contributed by atoms with Gasteiger partial charge in [-0.1, -0.05) is 0 Å². The number of hydrogen-bond acceptors (Lipinski definition) is 5. The van der Waals surface area contributed by atoms with Crippen LogP contribution in [-0.4, -0.2) is 35.2 Å². The lowest BCUT2D eigenvalue weighted by Crippen LogP contribution is -2.30. The summed E-state index contributed by atoms with van der Waals surface area (Å²) in [5.41, 5.74) is 5.95. The van der Waals surface area contributed by atoms with Crippen molar-refractivity contribution in [3.63, 3.8) is 0 Å². The number of hydrogen-bond donors (Lipinski definition) is 1. The van der Waals surface area contributed by atoms with Gasteiger partial charge in [-0.05, 0) is 33.1 Å². The number of rotatable bonds is 4. The van der Waals surface area contributed by atoms with Crippen molar-refractivity contribution in [2.75, 3.05) is 18.0 Å². The summed E-state index contributed by atoms with van der Waals surface area (Å²) in [5.74, 6) is 2.02. The molecular formula is C13H22N4O. The van der Waals surface area contributed by atoms with Crippen molar-refractivity contribution < 1.29 is 4.74 Å². The topological polar surface area (TPSA) is 64.3 Å². The van der Waals surface area contributed by atoms with Gasteiger partial charge in [0.05, 0.1) is 18.5 Å². The molecule has 1 saturated heterocycles. The fourth-order valence-corrected chi connectivity index (χ4v) is 2.21. The van der Waals surface area contributed by atoms with Gasteiger partial charge in [0, 0.05) is 19.1 Å². The molecule has 0 radical (unpaired) electrons. The van der Waals surface area contributed by atoms with Crippen molar-refractivity contribution >= 4 is 5.82 Å². The largest absolute Gasteiger partial charge is 0.474 e. The Morgan fingerprint density at radius 3 is 2.78 bits per heavy atom. The molecule has 5 heteroatoms. The molecule has 2 heterocycles. The standard InChI is InChI=1S/C13H22N4O/c1-9(2)18-13-7-15-6-12(16-13)17-5-4-11(8-17)10(3)14/h6-7,9-11H,4-5,8,14H2,1-3H3. The zero-order chi connectivity index (χ0) is 13.1. The minimum absolute atomic E-state index is 0.116. The summed E-state index contributed by atoms with van der Waals surface area (Å²) in [4.78, 5) is 10.9. The molecule has 1 aromatic heterocycles. The molecule has 5 nitrogen and oxygen atoms in total. The highest BCUT2D eigenvalue weighted by atomic mass is 16.5. The fourth-order valence-electron chi connectivity index (χ4n) is 2.21. The molecule has 0 aliphatic carbocycles. The summed E-state index contributed by atoms with van der Waals surface area (Å²) in [6.45, 7) is 7.98. The SMILES string of the molecule is CC(C)Oc1cncc(N2CCC(C(C)N)C2)n1. The average Bonchev–Trinajstić information content (AvgIpc) is 2.77. The second-order valence-electron chi connectivity index (χ2n) is 5.24. The van der Waals surface area contributed by atoms with Gasteiger partial charge in [0.15, 0.2) is 5.82 Å². The van der Waals surface area contributed by atoms with Gasteiger partial charge in [-0.2, -0.15) is 4.98 Å². The lowest BCUT2D eigenvalue weighted by Gasteiger charge is -2.19. The van der Waals surface area contributed by atoms with Gasteiger partial charge in [-0.3, -0.25) is 4.98 Å². The van der Waals surface area contributed by atoms with Gasteiger partial charge < -0.3 is 15.4 Å². The predicted octanol–water partition coefficient (Wildman–Crippen LogP) is 1.44. The average molecular weight is 250 g/mol. The summed E-state index contributed by atoms with van der Waals surface area (Å²) in [6.07, 6.45) is 4.68. The third-order valence-corrected chi connectivity index (χ3v) is 3.25. The van der Waals surface area contributed by atoms with Gasteiger partial charge in [0.2, 0.25) is 5.88 Å². The fraction of sp³-hybridized carbons (Fsp3) is 0.692. The molecule has 1 aromatic rings. The molecule has 100 valence electrons. The van der Waals surface area contributed by atoms with Gasteiger partial charge in [-0.15, -0.1) is 0 Å². The second-order valence-corrected chi connectivity index (χ2v) is 5.24. The van der Waals surface area contributed by atoms with Crippen molar-refractivity contribution in [3.8, 4) is 5.88 Å². The monoisotopic (exact) mass is 250 g/mol. The highest BCUT2D eigenvalue weighted by molar-refractivity contribution is 5.39. The Bertz CT molecular complexity index is 394. The number of ether oxygens (including phenoxy) is 1. The van der Waals surface area contributed by atoms with Gasteiger partial charge >= 0.3 is 0 Å². The van der Waals surface area contributed by atoms with Gasteiger partial charge in [0.1, 0.15) is 0 Å². The van der Waals surface area contributed by atoms with Crippen molar-refractivity contribution in [3.05, 3.63) is 12.4 Å². The number of anilines is 1. The van der Waals surface area contributed by atoms with E-state index in [0.29, 0.717) is 11.8 Å². The van der Waals surface area contributed by atoms with Crippen LogP contribution < -0.4 is 15.4 Å². The Morgan fingerprint density at radius 1 is 1.39 bits per heavy atom. The Balaban J connectivity index is 2.05. The van der Waals surface area contributed by atoms with E-state index in [0.717, 1.165) is 25.3 Å². The van der Waals surface area contributed by atoms with Crippen LogP contribution in [0.3, 0.4) is 0 Å². The normalized spacial score (nSPS) is 21.4. The van der Waals surface area contributed by atoms with E-state index in [9.17, 15) is 0 Å². The summed E-state index contributed by atoms with van der Waals surface area (Å²) < 4.78 is 5.56. The molecule has 2 unspecified atom stereocenters. The Kier molecular flexibility index (Phi) is 4.01. The van der Waals surface area contributed by atoms with Crippen LogP contribution in [0.15, 0.2) is 12.4 Å². The number of nitrogens with zero attached hydrogens (tertiary/aromatic N) is 3. The third kappa shape index (κ3) is 3.10. The molecule has 2 atom stereocenters. The summed E-state index contributed by atoms with van der Waals surface area (Å²) >= 11 is 0. The van der Waals surface area contributed by atoms with Crippen LogP contribution in [0.5, 0.6) is 5.88 Å². The minimum Gasteiger partial charge on any atom is -0.474 e. The highest BCUT2D eigenvalue weighted by Crippen LogP contribution is 2.24. The maximum Gasteiger partial charge on any atom is 0.234 e. The van der Waals surface area contributed by atoms with Gasteiger partial charge in [-0.25, -0.2) is 0 Å². The van der Waals surface area contributed by atoms with Crippen molar-refractivity contribution in [1.82, 2.24) is 9.97 Å². The van der Waals surface area contributed by atoms with Crippen LogP contribution in [0.4, 0.5) is 5.82 Å². The van der Waals surface area contributed by atoms with E-state index < -0.39 is 0 Å². The van der Waals surface area contributed by atoms with E-state index in [4.69, 9.17) is 10.5 Å². The summed E-state index contributed by atoms with van der Waals surface area (Å²) in [7, 11) is 0. The Hall–Kier alpha value is -1.36. The van der Waals surface area contributed by atoms with Crippen molar-refractivity contribution in [2.24, 2.45) is 11.7 Å². The molecule has 2 rings (SSSR count). The van der Waals surface area contributed by atoms with E-state index in [1.807, 2.05) is 13.8 Å². The minimum atomic E-state index is 0.116. The first-order valence-electron chi connectivity index (χ1n) is 6.55. The quantitative estimate of drug-likeness (QED) is 0.876. The third-order valence-electron chi connectivity index (χ3n) is 3.25. The lowest BCUT2D eigenvalue weighted by molar-refractivity contribution is 0.231. The molecular weight excluding hydrogens is 228 g/mol. The maximum atomic E-state index is 5.95. The first-order valence-corrected chi connectivity index (χ1v) is 6.55. The zero-order valence-corrected chi connectivity index (χ0v) is 11.3. The van der Waals surface area contributed by atoms with Crippen molar-refractivity contribution in [1.29, 1.82) is 0 Å². The van der Waals surface area contributed by atoms with Gasteiger partial charge in [0.25, 0.3) is 0 Å². The molecule has 0 bridgehead atoms. The van der Waals surface area contributed by atoms with Crippen LogP contribution in [0.2, 0.25) is 0 Å². The first-order chi connectivity index (χ1) is 8.56. The molecule has 18 heavy (non-hydrogen) atoms. The van der Waals surface area contributed by atoms with E-state index in [-0.39, 0.29) is 12.1 Å². The molecule has 1 aliphatic rings. The Labute approximate surface area is 108 Å². The smallest absolute Gasteiger partial charge is 0.234 e. The van der Waals surface area contributed by atoms with E-state index in [1.54, 1.807) is 12.4 Å². The number of nitrogens with two attached hydrogens (primary N) is 1.